The standard InChI is InChI=1S/C15H22O.CH4/c1-2-3-4-5-6-11-16-15-10-9-13-7-8-14(13)12-15;/h9-10,12H,2-8,11H2,1H3;1H4. The Hall–Kier alpha value is -0.980. The number of hydrogen-bond donors (Lipinski definition) is 0. The summed E-state index contributed by atoms with van der Waals surface area (Å²) in [5.74, 6) is 1.06. The van der Waals surface area contributed by atoms with Crippen molar-refractivity contribution in [1.82, 2.24) is 0 Å². The van der Waals surface area contributed by atoms with Crippen molar-refractivity contribution < 1.29 is 4.74 Å². The van der Waals surface area contributed by atoms with E-state index in [2.05, 4.69) is 25.1 Å². The van der Waals surface area contributed by atoms with Gasteiger partial charge < -0.3 is 4.74 Å². The summed E-state index contributed by atoms with van der Waals surface area (Å²) >= 11 is 0. The molecule has 0 heterocycles. The Morgan fingerprint density at radius 2 is 1.76 bits per heavy atom. The van der Waals surface area contributed by atoms with Crippen LogP contribution >= 0.6 is 0 Å². The molecule has 0 atom stereocenters. The van der Waals surface area contributed by atoms with Gasteiger partial charge in [0, 0.05) is 0 Å². The lowest BCUT2D eigenvalue weighted by Crippen LogP contribution is -2.08. The number of fused-ring (bicyclic) bond motifs is 1. The minimum absolute atomic E-state index is 0. The smallest absolute Gasteiger partial charge is 0.119 e. The van der Waals surface area contributed by atoms with Gasteiger partial charge in [-0.1, -0.05) is 46.1 Å². The Morgan fingerprint density at radius 3 is 2.41 bits per heavy atom. The maximum atomic E-state index is 5.76. The fraction of sp³-hybridized carbons (Fsp3) is 0.625. The Kier molecular flexibility index (Phi) is 6.10. The molecule has 96 valence electrons. The lowest BCUT2D eigenvalue weighted by atomic mass is 9.89. The Bertz CT molecular complexity index is 330. The number of ether oxygens (including phenoxy) is 1. The van der Waals surface area contributed by atoms with E-state index < -0.39 is 0 Å². The zero-order valence-electron chi connectivity index (χ0n) is 10.3. The van der Waals surface area contributed by atoms with Gasteiger partial charge in [-0.25, -0.2) is 0 Å². The number of benzene rings is 1. The summed E-state index contributed by atoms with van der Waals surface area (Å²) in [7, 11) is 0. The van der Waals surface area contributed by atoms with E-state index in [1.165, 1.54) is 56.1 Å². The van der Waals surface area contributed by atoms with Gasteiger partial charge in [0.1, 0.15) is 5.75 Å². The fourth-order valence-electron chi connectivity index (χ4n) is 2.16. The highest BCUT2D eigenvalue weighted by atomic mass is 16.5. The van der Waals surface area contributed by atoms with Gasteiger partial charge in [-0.05, 0) is 42.5 Å². The second kappa shape index (κ2) is 7.37. The van der Waals surface area contributed by atoms with Gasteiger partial charge in [0.2, 0.25) is 0 Å². The Morgan fingerprint density at radius 1 is 1.00 bits per heavy atom. The van der Waals surface area contributed by atoms with E-state index in [-0.39, 0.29) is 7.43 Å². The molecule has 1 aliphatic rings. The molecule has 1 heteroatoms. The predicted octanol–water partition coefficient (Wildman–Crippen LogP) is 4.77. The van der Waals surface area contributed by atoms with Crippen LogP contribution in [0.3, 0.4) is 0 Å². The minimum atomic E-state index is 0. The van der Waals surface area contributed by atoms with E-state index in [4.69, 9.17) is 4.74 Å². The van der Waals surface area contributed by atoms with Gasteiger partial charge in [-0.3, -0.25) is 0 Å². The highest BCUT2D eigenvalue weighted by molar-refractivity contribution is 5.41. The SMILES string of the molecule is C.CCCCCCCOc1ccc2c(c1)CC2. The molecule has 0 fully saturated rings. The molecule has 0 radical (unpaired) electrons. The van der Waals surface area contributed by atoms with E-state index in [1.54, 1.807) is 0 Å². The van der Waals surface area contributed by atoms with Crippen molar-refractivity contribution in [2.24, 2.45) is 0 Å². The van der Waals surface area contributed by atoms with Crippen LogP contribution in [0.2, 0.25) is 0 Å². The predicted molar refractivity (Wildman–Crippen MR) is 74.8 cm³/mol. The molecule has 1 aromatic carbocycles. The van der Waals surface area contributed by atoms with Crippen LogP contribution in [0.1, 0.15) is 57.6 Å². The maximum Gasteiger partial charge on any atom is 0.119 e. The second-order valence-electron chi connectivity index (χ2n) is 4.69. The highest BCUT2D eigenvalue weighted by Crippen LogP contribution is 2.26. The summed E-state index contributed by atoms with van der Waals surface area (Å²) in [6, 6.07) is 6.54. The van der Waals surface area contributed by atoms with Crippen LogP contribution in [-0.2, 0) is 12.8 Å². The van der Waals surface area contributed by atoms with Gasteiger partial charge in [0.25, 0.3) is 0 Å². The Balaban J connectivity index is 0.00000144. The topological polar surface area (TPSA) is 9.23 Å². The summed E-state index contributed by atoms with van der Waals surface area (Å²) in [5, 5.41) is 0. The van der Waals surface area contributed by atoms with Gasteiger partial charge in [0.05, 0.1) is 6.61 Å². The van der Waals surface area contributed by atoms with Crippen LogP contribution < -0.4 is 4.74 Å². The van der Waals surface area contributed by atoms with E-state index in [0.717, 1.165) is 12.4 Å². The quantitative estimate of drug-likeness (QED) is 0.617. The average Bonchev–Trinajstić information content (AvgIpc) is 2.26. The molecular formula is C16H26O. The molecule has 0 unspecified atom stereocenters. The summed E-state index contributed by atoms with van der Waals surface area (Å²) in [4.78, 5) is 0. The first-order chi connectivity index (χ1) is 7.90. The van der Waals surface area contributed by atoms with E-state index >= 15 is 0 Å². The van der Waals surface area contributed by atoms with Crippen molar-refractivity contribution in [2.45, 2.75) is 59.3 Å². The van der Waals surface area contributed by atoms with Crippen molar-refractivity contribution in [3.8, 4) is 5.75 Å². The van der Waals surface area contributed by atoms with Crippen molar-refractivity contribution >= 4 is 0 Å². The molecule has 0 aromatic heterocycles. The molecule has 1 nitrogen and oxygen atoms in total. The van der Waals surface area contributed by atoms with E-state index in [0.29, 0.717) is 0 Å². The monoisotopic (exact) mass is 234 g/mol. The lowest BCUT2D eigenvalue weighted by molar-refractivity contribution is 0.304. The first kappa shape index (κ1) is 14.1. The van der Waals surface area contributed by atoms with Gasteiger partial charge in [-0.15, -0.1) is 0 Å². The summed E-state index contributed by atoms with van der Waals surface area (Å²) in [5.41, 5.74) is 3.00. The first-order valence-electron chi connectivity index (χ1n) is 6.65. The molecule has 0 N–H and O–H groups in total. The minimum Gasteiger partial charge on any atom is -0.494 e. The van der Waals surface area contributed by atoms with Crippen LogP contribution in [0.15, 0.2) is 18.2 Å². The molecule has 0 amide bonds. The summed E-state index contributed by atoms with van der Waals surface area (Å²) < 4.78 is 5.76. The van der Waals surface area contributed by atoms with Crippen molar-refractivity contribution in [2.75, 3.05) is 6.61 Å². The number of unbranched alkanes of at least 4 members (excludes halogenated alkanes) is 4. The van der Waals surface area contributed by atoms with Gasteiger partial charge >= 0.3 is 0 Å². The van der Waals surface area contributed by atoms with Crippen LogP contribution in [-0.4, -0.2) is 6.61 Å². The van der Waals surface area contributed by atoms with Gasteiger partial charge in [0.15, 0.2) is 0 Å². The van der Waals surface area contributed by atoms with Crippen molar-refractivity contribution in [1.29, 1.82) is 0 Å². The van der Waals surface area contributed by atoms with Gasteiger partial charge in [-0.2, -0.15) is 0 Å². The molecule has 1 aliphatic carbocycles. The van der Waals surface area contributed by atoms with Crippen LogP contribution in [0.4, 0.5) is 0 Å². The van der Waals surface area contributed by atoms with Crippen molar-refractivity contribution in [3.05, 3.63) is 29.3 Å². The van der Waals surface area contributed by atoms with E-state index in [1.807, 2.05) is 0 Å². The molecule has 1 aromatic rings. The largest absolute Gasteiger partial charge is 0.494 e. The van der Waals surface area contributed by atoms with Crippen molar-refractivity contribution in [3.63, 3.8) is 0 Å². The third kappa shape index (κ3) is 4.07. The fourth-order valence-corrected chi connectivity index (χ4v) is 2.16. The highest BCUT2D eigenvalue weighted by Gasteiger charge is 2.12. The Labute approximate surface area is 106 Å². The second-order valence-corrected chi connectivity index (χ2v) is 4.69. The summed E-state index contributed by atoms with van der Waals surface area (Å²) in [6.45, 7) is 3.13. The van der Waals surface area contributed by atoms with Crippen LogP contribution in [0.25, 0.3) is 0 Å². The molecule has 0 bridgehead atoms. The lowest BCUT2D eigenvalue weighted by Gasteiger charge is -2.19. The molecular weight excluding hydrogens is 208 g/mol. The molecule has 2 rings (SSSR count). The third-order valence-electron chi connectivity index (χ3n) is 3.36. The maximum absolute atomic E-state index is 5.76. The zero-order valence-corrected chi connectivity index (χ0v) is 10.3. The third-order valence-corrected chi connectivity index (χ3v) is 3.36. The molecule has 0 spiro atoms. The number of hydrogen-bond acceptors (Lipinski definition) is 1. The van der Waals surface area contributed by atoms with E-state index in [9.17, 15) is 0 Å². The molecule has 0 aliphatic heterocycles. The molecule has 17 heavy (non-hydrogen) atoms. The van der Waals surface area contributed by atoms with Crippen LogP contribution in [0, 0.1) is 0 Å². The number of rotatable bonds is 7. The van der Waals surface area contributed by atoms with Crippen LogP contribution in [0.5, 0.6) is 5.75 Å². The normalized spacial score (nSPS) is 12.3. The first-order valence-corrected chi connectivity index (χ1v) is 6.65. The number of aryl methyl sites for hydroxylation is 2. The summed E-state index contributed by atoms with van der Waals surface area (Å²) in [6.07, 6.45) is 9.01. The molecule has 0 saturated heterocycles. The molecule has 0 saturated carbocycles. The average molecular weight is 234 g/mol. The zero-order chi connectivity index (χ0) is 11.2.